The predicted molar refractivity (Wildman–Crippen MR) is 56.7 cm³/mol. The van der Waals surface area contributed by atoms with Crippen molar-refractivity contribution in [3.63, 3.8) is 0 Å². The summed E-state index contributed by atoms with van der Waals surface area (Å²) in [5.74, 6) is 0.268. The van der Waals surface area contributed by atoms with Crippen molar-refractivity contribution >= 4 is 0 Å². The molecule has 0 aliphatic heterocycles. The molecule has 0 aliphatic carbocycles. The molecular weight excluding hydrogens is 190 g/mol. The minimum absolute atomic E-state index is 0.258. The number of rotatable bonds is 2. The Morgan fingerprint density at radius 2 is 2.13 bits per heavy atom. The first kappa shape index (κ1) is 9.77. The molecule has 1 aromatic heterocycles. The van der Waals surface area contributed by atoms with E-state index in [4.69, 9.17) is 4.42 Å². The summed E-state index contributed by atoms with van der Waals surface area (Å²) in [6, 6.07) is 7.19. The van der Waals surface area contributed by atoms with E-state index in [0.29, 0.717) is 0 Å². The first-order valence-electron chi connectivity index (χ1n) is 4.79. The fourth-order valence-corrected chi connectivity index (χ4v) is 1.56. The first-order chi connectivity index (χ1) is 7.10. The normalized spacial score (nSPS) is 11.6. The molecule has 1 aromatic carbocycles. The molecule has 78 valence electrons. The van der Waals surface area contributed by atoms with Crippen LogP contribution in [0.3, 0.4) is 0 Å². The van der Waals surface area contributed by atoms with Crippen LogP contribution in [0, 0.1) is 0 Å². The van der Waals surface area contributed by atoms with Gasteiger partial charge in [-0.3, -0.25) is 0 Å². The molecule has 15 heavy (non-hydrogen) atoms. The largest absolute Gasteiger partial charge is 0.508 e. The lowest BCUT2D eigenvalue weighted by atomic mass is 9.82. The summed E-state index contributed by atoms with van der Waals surface area (Å²) < 4.78 is 4.98. The van der Waals surface area contributed by atoms with E-state index in [1.54, 1.807) is 18.4 Å². The van der Waals surface area contributed by atoms with Gasteiger partial charge < -0.3 is 9.52 Å². The number of hydrogen-bond acceptors (Lipinski definition) is 3. The molecule has 0 unspecified atom stereocenters. The van der Waals surface area contributed by atoms with Gasteiger partial charge in [0.1, 0.15) is 12.0 Å². The molecule has 3 nitrogen and oxygen atoms in total. The second-order valence-corrected chi connectivity index (χ2v) is 4.05. The van der Waals surface area contributed by atoms with Gasteiger partial charge in [0.2, 0.25) is 0 Å². The number of oxazole rings is 1. The van der Waals surface area contributed by atoms with Gasteiger partial charge in [-0.2, -0.15) is 0 Å². The smallest absolute Gasteiger partial charge is 0.180 e. The molecule has 0 aliphatic rings. The number of nitrogens with zero attached hydrogens (tertiary/aromatic N) is 1. The molecule has 0 bridgehead atoms. The summed E-state index contributed by atoms with van der Waals surface area (Å²) in [7, 11) is 0. The van der Waals surface area contributed by atoms with Gasteiger partial charge in [0.05, 0.1) is 5.69 Å². The highest BCUT2D eigenvalue weighted by Crippen LogP contribution is 2.31. The van der Waals surface area contributed by atoms with Gasteiger partial charge in [0.15, 0.2) is 6.39 Å². The number of aromatic nitrogens is 1. The van der Waals surface area contributed by atoms with Gasteiger partial charge in [-0.05, 0) is 17.7 Å². The van der Waals surface area contributed by atoms with E-state index < -0.39 is 0 Å². The topological polar surface area (TPSA) is 46.3 Å². The molecule has 1 N–H and O–H groups in total. The summed E-state index contributed by atoms with van der Waals surface area (Å²) in [6.45, 7) is 4.08. The van der Waals surface area contributed by atoms with Gasteiger partial charge in [-0.15, -0.1) is 0 Å². The Bertz CT molecular complexity index is 446. The molecule has 0 radical (unpaired) electrons. The van der Waals surface area contributed by atoms with Gasteiger partial charge in [0.25, 0.3) is 0 Å². The fourth-order valence-electron chi connectivity index (χ4n) is 1.56. The SMILES string of the molecule is CC(C)(c1cccc(O)c1)c1cocn1. The fraction of sp³-hybridized carbons (Fsp3) is 0.250. The number of hydrogen-bond donors (Lipinski definition) is 1. The Kier molecular flexibility index (Phi) is 2.23. The van der Waals surface area contributed by atoms with Crippen LogP contribution in [-0.2, 0) is 5.41 Å². The van der Waals surface area contributed by atoms with Gasteiger partial charge in [-0.25, -0.2) is 4.98 Å². The van der Waals surface area contributed by atoms with E-state index >= 15 is 0 Å². The van der Waals surface area contributed by atoms with Crippen LogP contribution in [0.1, 0.15) is 25.1 Å². The number of aromatic hydroxyl groups is 1. The van der Waals surface area contributed by atoms with Crippen LogP contribution in [0.15, 0.2) is 41.3 Å². The summed E-state index contributed by atoms with van der Waals surface area (Å²) in [6.07, 6.45) is 3.05. The minimum atomic E-state index is -0.258. The molecular formula is C12H13NO2. The van der Waals surface area contributed by atoms with Crippen molar-refractivity contribution in [1.29, 1.82) is 0 Å². The zero-order valence-corrected chi connectivity index (χ0v) is 8.77. The Balaban J connectivity index is 2.46. The number of phenolic OH excluding ortho intramolecular Hbond substituents is 1. The van der Waals surface area contributed by atoms with E-state index in [1.165, 1.54) is 6.39 Å². The lowest BCUT2D eigenvalue weighted by Gasteiger charge is -2.22. The van der Waals surface area contributed by atoms with Crippen molar-refractivity contribution in [2.45, 2.75) is 19.3 Å². The van der Waals surface area contributed by atoms with E-state index in [9.17, 15) is 5.11 Å². The molecule has 0 saturated carbocycles. The zero-order chi connectivity index (χ0) is 10.9. The summed E-state index contributed by atoms with van der Waals surface area (Å²) in [4.78, 5) is 4.15. The van der Waals surface area contributed by atoms with Gasteiger partial charge in [-0.1, -0.05) is 26.0 Å². The van der Waals surface area contributed by atoms with Crippen LogP contribution in [-0.4, -0.2) is 10.1 Å². The van der Waals surface area contributed by atoms with Crippen LogP contribution in [0.2, 0.25) is 0 Å². The standard InChI is InChI=1S/C12H13NO2/c1-12(2,11-7-15-8-13-11)9-4-3-5-10(14)6-9/h3-8,14H,1-2H3. The highest BCUT2D eigenvalue weighted by Gasteiger charge is 2.25. The molecule has 3 heteroatoms. The maximum absolute atomic E-state index is 9.43. The van der Waals surface area contributed by atoms with E-state index in [0.717, 1.165) is 11.3 Å². The Labute approximate surface area is 88.4 Å². The third kappa shape index (κ3) is 1.73. The quantitative estimate of drug-likeness (QED) is 0.816. The van der Waals surface area contributed by atoms with Crippen molar-refractivity contribution in [2.24, 2.45) is 0 Å². The predicted octanol–water partition coefficient (Wildman–Crippen LogP) is 2.71. The highest BCUT2D eigenvalue weighted by molar-refractivity contribution is 5.37. The average molecular weight is 203 g/mol. The maximum atomic E-state index is 9.43. The van der Waals surface area contributed by atoms with Crippen LogP contribution in [0.4, 0.5) is 0 Å². The van der Waals surface area contributed by atoms with E-state index in [2.05, 4.69) is 4.98 Å². The molecule has 0 amide bonds. The highest BCUT2D eigenvalue weighted by atomic mass is 16.3. The molecule has 0 fully saturated rings. The first-order valence-corrected chi connectivity index (χ1v) is 4.79. The lowest BCUT2D eigenvalue weighted by Crippen LogP contribution is -2.19. The second kappa shape index (κ2) is 3.42. The summed E-state index contributed by atoms with van der Waals surface area (Å²) >= 11 is 0. The Hall–Kier alpha value is -1.77. The average Bonchev–Trinajstić information content (AvgIpc) is 2.71. The third-order valence-corrected chi connectivity index (χ3v) is 2.64. The minimum Gasteiger partial charge on any atom is -0.508 e. The molecule has 2 aromatic rings. The van der Waals surface area contributed by atoms with Crippen molar-refractivity contribution in [3.05, 3.63) is 48.2 Å². The second-order valence-electron chi connectivity index (χ2n) is 4.05. The Morgan fingerprint density at radius 1 is 1.33 bits per heavy atom. The third-order valence-electron chi connectivity index (χ3n) is 2.64. The van der Waals surface area contributed by atoms with Crippen molar-refractivity contribution < 1.29 is 9.52 Å². The van der Waals surface area contributed by atoms with Crippen molar-refractivity contribution in [2.75, 3.05) is 0 Å². The maximum Gasteiger partial charge on any atom is 0.180 e. The van der Waals surface area contributed by atoms with Crippen LogP contribution >= 0.6 is 0 Å². The van der Waals surface area contributed by atoms with Crippen molar-refractivity contribution in [1.82, 2.24) is 4.98 Å². The summed E-state index contributed by atoms with van der Waals surface area (Å²) in [5, 5.41) is 9.43. The molecule has 1 heterocycles. The van der Waals surface area contributed by atoms with Crippen LogP contribution in [0.5, 0.6) is 5.75 Å². The lowest BCUT2D eigenvalue weighted by molar-refractivity contribution is 0.472. The monoisotopic (exact) mass is 203 g/mol. The number of phenols is 1. The molecule has 0 atom stereocenters. The van der Waals surface area contributed by atoms with Crippen LogP contribution < -0.4 is 0 Å². The van der Waals surface area contributed by atoms with E-state index in [-0.39, 0.29) is 11.2 Å². The zero-order valence-electron chi connectivity index (χ0n) is 8.77. The number of benzene rings is 1. The molecule has 2 rings (SSSR count). The van der Waals surface area contributed by atoms with Crippen molar-refractivity contribution in [3.8, 4) is 5.75 Å². The molecule has 0 spiro atoms. The van der Waals surface area contributed by atoms with E-state index in [1.807, 2.05) is 26.0 Å². The van der Waals surface area contributed by atoms with Crippen LogP contribution in [0.25, 0.3) is 0 Å². The van der Waals surface area contributed by atoms with Gasteiger partial charge in [0, 0.05) is 5.41 Å². The summed E-state index contributed by atoms with van der Waals surface area (Å²) in [5.41, 5.74) is 1.61. The molecule has 0 saturated heterocycles. The Morgan fingerprint density at radius 3 is 2.73 bits per heavy atom. The van der Waals surface area contributed by atoms with Gasteiger partial charge >= 0.3 is 0 Å².